The molecule has 0 bridgehead atoms. The average Bonchev–Trinajstić information content (AvgIpc) is 2.90. The number of piperazine rings is 1. The lowest BCUT2D eigenvalue weighted by molar-refractivity contribution is -0.117. The second-order valence-corrected chi connectivity index (χ2v) is 11.3. The first-order valence-corrected chi connectivity index (χ1v) is 14.5. The Morgan fingerprint density at radius 1 is 1.16 bits per heavy atom. The summed E-state index contributed by atoms with van der Waals surface area (Å²) in [5, 5.41) is 3.50. The van der Waals surface area contributed by atoms with E-state index in [0.717, 1.165) is 62.7 Å². The number of fused-ring (bicyclic) bond motifs is 1. The van der Waals surface area contributed by atoms with Gasteiger partial charge in [0.15, 0.2) is 0 Å². The summed E-state index contributed by atoms with van der Waals surface area (Å²) >= 11 is 0. The molecule has 8 nitrogen and oxygen atoms in total. The number of carbonyl (C=O) groups is 2. The minimum Gasteiger partial charge on any atom is -0.444 e. The number of rotatable bonds is 4. The maximum Gasteiger partial charge on any atom is 0.410 e. The third-order valence-electron chi connectivity index (χ3n) is 7.68. The Labute approximate surface area is 231 Å². The van der Waals surface area contributed by atoms with E-state index < -0.39 is 5.60 Å². The first kappa shape index (κ1) is 29.8. The number of amides is 2. The van der Waals surface area contributed by atoms with Gasteiger partial charge in [-0.3, -0.25) is 9.79 Å². The maximum atomic E-state index is 12.8. The van der Waals surface area contributed by atoms with Gasteiger partial charge in [-0.15, -0.1) is 0 Å². The van der Waals surface area contributed by atoms with Crippen LogP contribution >= 0.6 is 0 Å². The number of ether oxygens (including phenoxy) is 1. The van der Waals surface area contributed by atoms with Gasteiger partial charge in [0, 0.05) is 71.5 Å². The standard InChI is InChI=1S/C28H43N5O3.C2H6.H2/c1-7-24-19(2)22(18-26-29-11-8-12-30-26)23-17-21(9-10-25(23)33(24)20(3)34)31-13-15-32(16-14-31)27(35)36-28(4,5)6;1-2;/h9-10,17,19,22,24H,7-8,11-16,18H2,1-6H3,(H,29,30);1-2H3;1H/t19-,22-,24+;;/m1../s1. The van der Waals surface area contributed by atoms with Crippen molar-refractivity contribution in [2.75, 3.05) is 49.1 Å². The van der Waals surface area contributed by atoms with Crippen molar-refractivity contribution in [2.45, 2.75) is 92.2 Å². The van der Waals surface area contributed by atoms with Crippen LogP contribution in [0.2, 0.25) is 0 Å². The van der Waals surface area contributed by atoms with E-state index in [-0.39, 0.29) is 25.4 Å². The predicted octanol–water partition coefficient (Wildman–Crippen LogP) is 5.66. The lowest BCUT2D eigenvalue weighted by Crippen LogP contribution is -2.50. The van der Waals surface area contributed by atoms with Crippen molar-refractivity contribution < 1.29 is 15.8 Å². The van der Waals surface area contributed by atoms with Crippen molar-refractivity contribution in [1.29, 1.82) is 0 Å². The quantitative estimate of drug-likeness (QED) is 0.544. The molecule has 4 rings (SSSR count). The molecule has 3 heterocycles. The summed E-state index contributed by atoms with van der Waals surface area (Å²) in [7, 11) is 0. The SMILES string of the molecule is CC.CC[C@H]1[C@H](C)[C@@H](CC2=NCCCN2)c2cc(N3CCN(C(=O)OC(C)(C)C)CC3)ccc2N1C(C)=O.[HH]. The van der Waals surface area contributed by atoms with E-state index in [1.165, 1.54) is 5.56 Å². The number of nitrogens with zero attached hydrogens (tertiary/aromatic N) is 4. The van der Waals surface area contributed by atoms with Crippen molar-refractivity contribution in [3.63, 3.8) is 0 Å². The number of hydrogen-bond donors (Lipinski definition) is 1. The van der Waals surface area contributed by atoms with Gasteiger partial charge in [0.25, 0.3) is 0 Å². The van der Waals surface area contributed by atoms with Crippen LogP contribution < -0.4 is 15.1 Å². The van der Waals surface area contributed by atoms with E-state index in [1.54, 1.807) is 11.8 Å². The number of aliphatic imine (C=N–C) groups is 1. The van der Waals surface area contributed by atoms with Crippen LogP contribution in [0.1, 0.15) is 87.6 Å². The molecule has 214 valence electrons. The zero-order chi connectivity index (χ0) is 28.0. The topological polar surface area (TPSA) is 77.5 Å². The lowest BCUT2D eigenvalue weighted by atomic mass is 9.74. The zero-order valence-corrected chi connectivity index (χ0v) is 24.8. The van der Waals surface area contributed by atoms with Crippen LogP contribution in [0.3, 0.4) is 0 Å². The largest absolute Gasteiger partial charge is 0.444 e. The molecule has 3 aliphatic heterocycles. The monoisotopic (exact) mass is 529 g/mol. The van der Waals surface area contributed by atoms with Crippen molar-refractivity contribution in [3.05, 3.63) is 23.8 Å². The minimum atomic E-state index is -0.491. The summed E-state index contributed by atoms with van der Waals surface area (Å²) in [4.78, 5) is 36.2. The van der Waals surface area contributed by atoms with E-state index >= 15 is 0 Å². The average molecular weight is 530 g/mol. The second kappa shape index (κ2) is 12.9. The summed E-state index contributed by atoms with van der Waals surface area (Å²) in [6.07, 6.45) is 2.62. The molecule has 1 N–H and O–H groups in total. The van der Waals surface area contributed by atoms with Crippen LogP contribution in [0.25, 0.3) is 0 Å². The van der Waals surface area contributed by atoms with E-state index in [1.807, 2.05) is 39.5 Å². The van der Waals surface area contributed by atoms with Gasteiger partial charge in [-0.2, -0.15) is 0 Å². The van der Waals surface area contributed by atoms with Gasteiger partial charge >= 0.3 is 6.09 Å². The molecule has 1 aromatic rings. The van der Waals surface area contributed by atoms with E-state index in [9.17, 15) is 9.59 Å². The fourth-order valence-corrected chi connectivity index (χ4v) is 5.87. The van der Waals surface area contributed by atoms with E-state index in [4.69, 9.17) is 9.73 Å². The molecule has 0 spiro atoms. The molecule has 0 aliphatic carbocycles. The second-order valence-electron chi connectivity index (χ2n) is 11.3. The molecule has 0 saturated carbocycles. The Hall–Kier alpha value is -2.77. The van der Waals surface area contributed by atoms with Crippen molar-refractivity contribution >= 4 is 29.2 Å². The van der Waals surface area contributed by atoms with Crippen molar-refractivity contribution in [1.82, 2.24) is 10.2 Å². The van der Waals surface area contributed by atoms with Gasteiger partial charge in [-0.25, -0.2) is 4.79 Å². The number of nitrogens with one attached hydrogen (secondary N) is 1. The molecular formula is C30H51N5O3. The first-order chi connectivity index (χ1) is 18.1. The molecule has 0 radical (unpaired) electrons. The van der Waals surface area contributed by atoms with E-state index in [0.29, 0.717) is 19.0 Å². The van der Waals surface area contributed by atoms with Crippen molar-refractivity contribution in [3.8, 4) is 0 Å². The number of benzene rings is 1. The normalized spacial score (nSPS) is 23.4. The molecule has 38 heavy (non-hydrogen) atoms. The molecule has 3 aliphatic rings. The van der Waals surface area contributed by atoms with E-state index in [2.05, 4.69) is 42.3 Å². The highest BCUT2D eigenvalue weighted by molar-refractivity contribution is 5.95. The Balaban J connectivity index is 0.00000174. The Kier molecular flexibility index (Phi) is 10.1. The highest BCUT2D eigenvalue weighted by Gasteiger charge is 2.40. The maximum absolute atomic E-state index is 12.8. The van der Waals surface area contributed by atoms with Crippen LogP contribution in [0.4, 0.5) is 16.2 Å². The highest BCUT2D eigenvalue weighted by atomic mass is 16.6. The number of anilines is 2. The smallest absolute Gasteiger partial charge is 0.410 e. The fourth-order valence-electron chi connectivity index (χ4n) is 5.87. The highest BCUT2D eigenvalue weighted by Crippen LogP contribution is 2.46. The molecular weight excluding hydrogens is 478 g/mol. The van der Waals surface area contributed by atoms with Gasteiger partial charge in [0.2, 0.25) is 5.91 Å². The molecule has 1 saturated heterocycles. The third-order valence-corrected chi connectivity index (χ3v) is 7.68. The molecule has 2 amide bonds. The predicted molar refractivity (Wildman–Crippen MR) is 159 cm³/mol. The van der Waals surface area contributed by atoms with Crippen molar-refractivity contribution in [2.24, 2.45) is 10.9 Å². The molecule has 1 fully saturated rings. The Morgan fingerprint density at radius 3 is 2.39 bits per heavy atom. The van der Waals surface area contributed by atoms with Crippen LogP contribution in [-0.2, 0) is 9.53 Å². The molecule has 0 aromatic heterocycles. The summed E-state index contributed by atoms with van der Waals surface area (Å²) in [6, 6.07) is 6.72. The van der Waals surface area contributed by atoms with Crippen LogP contribution in [0.15, 0.2) is 23.2 Å². The molecule has 0 unspecified atom stereocenters. The first-order valence-electron chi connectivity index (χ1n) is 14.5. The molecule has 3 atom stereocenters. The third kappa shape index (κ3) is 6.80. The van der Waals surface area contributed by atoms with Crippen LogP contribution in [0.5, 0.6) is 0 Å². The molecule has 1 aromatic carbocycles. The number of carbonyl (C=O) groups excluding carboxylic acids is 2. The minimum absolute atomic E-state index is 0. The number of amidine groups is 1. The summed E-state index contributed by atoms with van der Waals surface area (Å²) < 4.78 is 5.56. The van der Waals surface area contributed by atoms with Gasteiger partial charge < -0.3 is 24.8 Å². The van der Waals surface area contributed by atoms with Crippen LogP contribution in [0, 0.1) is 5.92 Å². The fraction of sp³-hybridized carbons (Fsp3) is 0.700. The van der Waals surface area contributed by atoms with Gasteiger partial charge in [0.05, 0.1) is 5.84 Å². The Bertz CT molecular complexity index is 1000. The lowest BCUT2D eigenvalue weighted by Gasteiger charge is -2.46. The molecule has 8 heteroatoms. The summed E-state index contributed by atoms with van der Waals surface area (Å²) in [6.45, 7) is 20.4. The van der Waals surface area contributed by atoms with Gasteiger partial charge in [-0.05, 0) is 69.2 Å². The summed E-state index contributed by atoms with van der Waals surface area (Å²) in [5.74, 6) is 1.79. The zero-order valence-electron chi connectivity index (χ0n) is 24.8. The Morgan fingerprint density at radius 2 is 1.84 bits per heavy atom. The van der Waals surface area contributed by atoms with Crippen LogP contribution in [-0.4, -0.2) is 73.6 Å². The number of hydrogen-bond acceptors (Lipinski definition) is 6. The summed E-state index contributed by atoms with van der Waals surface area (Å²) in [5.41, 5.74) is 2.91. The van der Waals surface area contributed by atoms with Gasteiger partial charge in [-0.1, -0.05) is 27.7 Å². The van der Waals surface area contributed by atoms with Gasteiger partial charge in [0.1, 0.15) is 5.60 Å².